The molecule has 0 spiro atoms. The van der Waals surface area contributed by atoms with E-state index in [1.165, 1.54) is 17.9 Å². The molecule has 3 rings (SSSR count). The monoisotopic (exact) mass is 441 g/mol. The van der Waals surface area contributed by atoms with Crippen LogP contribution in [0.5, 0.6) is 0 Å². The van der Waals surface area contributed by atoms with Crippen LogP contribution in [0.25, 0.3) is 0 Å². The van der Waals surface area contributed by atoms with E-state index in [9.17, 15) is 23.3 Å². The molecule has 1 aromatic heterocycles. The largest absolute Gasteiger partial charge is 0.341 e. The first-order valence-electron chi connectivity index (χ1n) is 9.23. The van der Waals surface area contributed by atoms with Crippen LogP contribution in [-0.4, -0.2) is 59.6 Å². The summed E-state index contributed by atoms with van der Waals surface area (Å²) in [5.41, 5.74) is 0.548. The number of piperidine rings is 1. The van der Waals surface area contributed by atoms with Gasteiger partial charge >= 0.3 is 5.69 Å². The Hall–Kier alpha value is -2.21. The molecule has 1 fully saturated rings. The third-order valence-corrected chi connectivity index (χ3v) is 8.56. The van der Waals surface area contributed by atoms with E-state index < -0.39 is 31.4 Å². The van der Waals surface area contributed by atoms with Gasteiger partial charge in [-0.1, -0.05) is 0 Å². The van der Waals surface area contributed by atoms with Gasteiger partial charge in [-0.25, -0.2) is 14.2 Å². The third-order valence-electron chi connectivity index (χ3n) is 5.08. The molecule has 2 atom stereocenters. The fraction of sp³-hybridized carbons (Fsp3) is 0.588. The van der Waals surface area contributed by atoms with Gasteiger partial charge in [0.1, 0.15) is 11.9 Å². The lowest BCUT2D eigenvalue weighted by atomic mass is 10.1. The highest BCUT2D eigenvalue weighted by atomic mass is 32.2. The Kier molecular flexibility index (Phi) is 6.42. The summed E-state index contributed by atoms with van der Waals surface area (Å²) in [6.45, 7) is 2.60. The maximum Gasteiger partial charge on any atom is 0.308 e. The Bertz CT molecular complexity index is 1010. The van der Waals surface area contributed by atoms with Gasteiger partial charge in [-0.15, -0.1) is 0 Å². The van der Waals surface area contributed by atoms with Crippen molar-refractivity contribution in [2.75, 3.05) is 30.0 Å². The van der Waals surface area contributed by atoms with Crippen LogP contribution >= 0.6 is 0 Å². The average Bonchev–Trinajstić information content (AvgIpc) is 2.67. The third kappa shape index (κ3) is 5.04. The number of hydrogen-bond donors (Lipinski definition) is 0. The second kappa shape index (κ2) is 8.66. The van der Waals surface area contributed by atoms with E-state index in [0.717, 1.165) is 0 Å². The zero-order valence-corrected chi connectivity index (χ0v) is 17.9. The zero-order chi connectivity index (χ0) is 21.2. The molecule has 0 aliphatic carbocycles. The lowest BCUT2D eigenvalue weighted by molar-refractivity contribution is -0.386. The summed E-state index contributed by atoms with van der Waals surface area (Å²) in [5, 5.41) is 12.1. The van der Waals surface area contributed by atoms with Gasteiger partial charge in [-0.05, 0) is 32.6 Å². The van der Waals surface area contributed by atoms with Gasteiger partial charge in [0.15, 0.2) is 0 Å². The van der Waals surface area contributed by atoms with E-state index in [-0.39, 0.29) is 10.9 Å². The number of nitrogens with zero attached hydrogens (tertiary/aromatic N) is 5. The molecule has 0 aromatic carbocycles. The molecule has 0 bridgehead atoms. The molecular weight excluding hydrogens is 418 g/mol. The van der Waals surface area contributed by atoms with Crippen LogP contribution in [0.2, 0.25) is 0 Å². The van der Waals surface area contributed by atoms with E-state index in [0.29, 0.717) is 61.7 Å². The van der Waals surface area contributed by atoms with E-state index in [1.54, 1.807) is 6.92 Å². The van der Waals surface area contributed by atoms with Crippen molar-refractivity contribution in [3.63, 3.8) is 0 Å². The molecule has 2 aliphatic heterocycles. The van der Waals surface area contributed by atoms with Crippen LogP contribution in [0, 0.1) is 17.0 Å². The number of rotatable bonds is 4. The van der Waals surface area contributed by atoms with Gasteiger partial charge in [0.05, 0.1) is 14.7 Å². The Morgan fingerprint density at radius 1 is 1.41 bits per heavy atom. The van der Waals surface area contributed by atoms with Gasteiger partial charge in [0, 0.05) is 52.1 Å². The number of aromatic nitrogens is 2. The number of hydrogen-bond acceptors (Lipinski definition) is 8. The second-order valence-corrected chi connectivity index (χ2v) is 11.2. The molecule has 0 saturated carbocycles. The van der Waals surface area contributed by atoms with Crippen molar-refractivity contribution in [3.05, 3.63) is 33.0 Å². The first kappa shape index (κ1) is 21.5. The number of aryl methyl sites for hydroxylation is 1. The Morgan fingerprint density at radius 3 is 2.69 bits per heavy atom. The quantitative estimate of drug-likeness (QED) is 0.509. The molecule has 1 amide bonds. The van der Waals surface area contributed by atoms with Gasteiger partial charge in [0.2, 0.25) is 5.95 Å². The fourth-order valence-electron chi connectivity index (χ4n) is 3.41. The number of anilines is 1. The van der Waals surface area contributed by atoms with Crippen molar-refractivity contribution in [1.29, 1.82) is 0 Å². The normalized spacial score (nSPS) is 22.5. The number of carbonyl (C=O) groups excluding carboxylic acids is 1. The number of amides is 1. The minimum Gasteiger partial charge on any atom is -0.341 e. The van der Waals surface area contributed by atoms with Crippen LogP contribution in [-0.2, 0) is 25.3 Å². The highest BCUT2D eigenvalue weighted by Crippen LogP contribution is 2.25. The minimum absolute atomic E-state index is 0.129. The molecule has 29 heavy (non-hydrogen) atoms. The fourth-order valence-corrected chi connectivity index (χ4v) is 6.17. The summed E-state index contributed by atoms with van der Waals surface area (Å²) in [7, 11) is -3.91. The van der Waals surface area contributed by atoms with E-state index in [1.807, 2.05) is 4.90 Å². The molecule has 0 radical (unpaired) electrons. The predicted octanol–water partition coefficient (Wildman–Crippen LogP) is 1.71. The molecule has 1 saturated heterocycles. The van der Waals surface area contributed by atoms with Gasteiger partial charge < -0.3 is 4.90 Å². The first-order chi connectivity index (χ1) is 13.7. The van der Waals surface area contributed by atoms with Crippen LogP contribution in [0.3, 0.4) is 0 Å². The van der Waals surface area contributed by atoms with E-state index >= 15 is 0 Å². The topological polar surface area (TPSA) is 136 Å². The van der Waals surface area contributed by atoms with Gasteiger partial charge in [0.25, 0.3) is 5.91 Å². The van der Waals surface area contributed by atoms with Gasteiger partial charge in [-0.3, -0.25) is 19.1 Å². The van der Waals surface area contributed by atoms with E-state index in [2.05, 4.69) is 14.3 Å². The Balaban J connectivity index is 1.68. The highest BCUT2D eigenvalue weighted by molar-refractivity contribution is 7.93. The summed E-state index contributed by atoms with van der Waals surface area (Å²) < 4.78 is 28.7. The lowest BCUT2D eigenvalue weighted by Crippen LogP contribution is -2.40. The van der Waals surface area contributed by atoms with E-state index in [4.69, 9.17) is 0 Å². The summed E-state index contributed by atoms with van der Waals surface area (Å²) in [6, 6.07) is 0. The van der Waals surface area contributed by atoms with Crippen LogP contribution in [0.15, 0.2) is 21.5 Å². The smallest absolute Gasteiger partial charge is 0.308 e. The van der Waals surface area contributed by atoms with Gasteiger partial charge in [-0.2, -0.15) is 4.36 Å². The second-order valence-electron chi connectivity index (χ2n) is 7.17. The van der Waals surface area contributed by atoms with Crippen molar-refractivity contribution >= 4 is 38.1 Å². The molecule has 12 heteroatoms. The van der Waals surface area contributed by atoms with Crippen LogP contribution in [0.4, 0.5) is 11.6 Å². The van der Waals surface area contributed by atoms with Crippen molar-refractivity contribution in [3.8, 4) is 0 Å². The van der Waals surface area contributed by atoms with Crippen LogP contribution in [0.1, 0.15) is 31.4 Å². The van der Waals surface area contributed by atoms with Crippen molar-refractivity contribution < 1.29 is 18.1 Å². The van der Waals surface area contributed by atoms with Crippen molar-refractivity contribution in [1.82, 2.24) is 9.97 Å². The summed E-state index contributed by atoms with van der Waals surface area (Å²) in [4.78, 5) is 32.9. The molecule has 1 aromatic rings. The molecular formula is C17H23N5O5S2. The Labute approximate surface area is 171 Å². The Morgan fingerprint density at radius 2 is 2.10 bits per heavy atom. The summed E-state index contributed by atoms with van der Waals surface area (Å²) in [5.74, 6) is 0.417. The predicted molar refractivity (Wildman–Crippen MR) is 110 cm³/mol. The average molecular weight is 442 g/mol. The summed E-state index contributed by atoms with van der Waals surface area (Å²) in [6.07, 6.45) is 4.95. The summed E-state index contributed by atoms with van der Waals surface area (Å²) >= 11 is 0. The number of carbonyl (C=O) groups is 1. The lowest BCUT2D eigenvalue weighted by Gasteiger charge is -2.32. The maximum absolute atomic E-state index is 13.1. The zero-order valence-electron chi connectivity index (χ0n) is 16.3. The molecule has 158 valence electrons. The molecule has 2 unspecified atom stereocenters. The first-order valence-corrected chi connectivity index (χ1v) is 12.6. The SMILES string of the molecule is Cc1nc(N2CCC(S(C)(=O)=NC(=O)C3=CS(=O)CCC3)CC2)ncc1[N+](=O)[O-]. The van der Waals surface area contributed by atoms with Crippen LogP contribution < -0.4 is 4.90 Å². The van der Waals surface area contributed by atoms with Crippen molar-refractivity contribution in [2.24, 2.45) is 4.36 Å². The minimum atomic E-state index is -2.75. The molecule has 3 heterocycles. The number of nitro groups is 1. The standard InChI is InChI=1S/C17H23N5O5S2/c1-12-15(22(24)25)10-18-17(19-12)21-7-5-14(6-8-21)29(2,27)20-16(23)13-4-3-9-28(26)11-13/h10-11,14H,3-9H2,1-2H3. The molecule has 10 nitrogen and oxygen atoms in total. The molecule has 2 aliphatic rings. The molecule has 0 N–H and O–H groups in total. The highest BCUT2D eigenvalue weighted by Gasteiger charge is 2.29. The maximum atomic E-state index is 13.1. The van der Waals surface area contributed by atoms with Crippen molar-refractivity contribution in [2.45, 2.75) is 37.9 Å².